The number of hydrogen-bond acceptors (Lipinski definition) is 2. The third-order valence-electron chi connectivity index (χ3n) is 2.19. The summed E-state index contributed by atoms with van der Waals surface area (Å²) in [6.07, 6.45) is 0. The van der Waals surface area contributed by atoms with Crippen molar-refractivity contribution in [1.82, 2.24) is 0 Å². The summed E-state index contributed by atoms with van der Waals surface area (Å²) < 4.78 is 32.4. The predicted molar refractivity (Wildman–Crippen MR) is 75.0 cm³/mol. The Kier molecular flexibility index (Phi) is 4.18. The van der Waals surface area contributed by atoms with E-state index in [1.165, 1.54) is 18.2 Å². The third-order valence-corrected chi connectivity index (χ3v) is 3.21. The largest absolute Gasteiger partial charge is 0.451 e. The Labute approximate surface area is 126 Å². The summed E-state index contributed by atoms with van der Waals surface area (Å²) in [4.78, 5) is 0. The molecule has 0 spiro atoms. The summed E-state index contributed by atoms with van der Waals surface area (Å²) in [6.45, 7) is 0. The fraction of sp³-hybridized carbons (Fsp3) is 0. The van der Waals surface area contributed by atoms with Crippen molar-refractivity contribution in [2.24, 2.45) is 0 Å². The first-order chi connectivity index (χ1) is 8.88. The fourth-order valence-electron chi connectivity index (χ4n) is 1.39. The first-order valence-corrected chi connectivity index (χ1v) is 6.50. The van der Waals surface area contributed by atoms with Crippen molar-refractivity contribution in [3.8, 4) is 11.5 Å². The second-order valence-electron chi connectivity index (χ2n) is 3.62. The molecule has 0 aromatic heterocycles. The summed E-state index contributed by atoms with van der Waals surface area (Å²) in [5.41, 5.74) is 5.87. The highest BCUT2D eigenvalue weighted by molar-refractivity contribution is 9.10. The molecule has 0 aliphatic rings. The van der Waals surface area contributed by atoms with E-state index in [0.29, 0.717) is 10.2 Å². The Balaban J connectivity index is 2.48. The molecule has 0 bridgehead atoms. The molecule has 2 N–H and O–H groups in total. The van der Waals surface area contributed by atoms with Crippen LogP contribution in [0.15, 0.2) is 28.7 Å². The smallest absolute Gasteiger partial charge is 0.201 e. The van der Waals surface area contributed by atoms with E-state index in [4.69, 9.17) is 33.7 Å². The Morgan fingerprint density at radius 2 is 1.63 bits per heavy atom. The van der Waals surface area contributed by atoms with E-state index in [9.17, 15) is 8.78 Å². The molecule has 0 heterocycles. The molecule has 0 saturated heterocycles. The number of benzene rings is 2. The monoisotopic (exact) mass is 367 g/mol. The van der Waals surface area contributed by atoms with Gasteiger partial charge in [0.1, 0.15) is 0 Å². The minimum atomic E-state index is -1.13. The van der Waals surface area contributed by atoms with Gasteiger partial charge in [0.2, 0.25) is 5.82 Å². The summed E-state index contributed by atoms with van der Waals surface area (Å²) in [5, 5.41) is 0.203. The number of nitrogen functional groups attached to an aromatic ring is 1. The second kappa shape index (κ2) is 5.53. The summed E-state index contributed by atoms with van der Waals surface area (Å²) in [7, 11) is 0. The van der Waals surface area contributed by atoms with Gasteiger partial charge in [-0.05, 0) is 24.3 Å². The molecule has 2 aromatic carbocycles. The molecule has 19 heavy (non-hydrogen) atoms. The molecule has 0 unspecified atom stereocenters. The Morgan fingerprint density at radius 3 is 2.21 bits per heavy atom. The molecule has 0 radical (unpaired) electrons. The van der Waals surface area contributed by atoms with Crippen LogP contribution < -0.4 is 10.5 Å². The zero-order valence-electron chi connectivity index (χ0n) is 9.18. The normalized spacial score (nSPS) is 10.6. The van der Waals surface area contributed by atoms with Gasteiger partial charge in [0.15, 0.2) is 17.3 Å². The van der Waals surface area contributed by atoms with Crippen molar-refractivity contribution in [3.05, 3.63) is 50.4 Å². The van der Waals surface area contributed by atoms with Gasteiger partial charge in [0.05, 0.1) is 10.0 Å². The molecule has 0 aliphatic heterocycles. The zero-order chi connectivity index (χ0) is 14.2. The van der Waals surface area contributed by atoms with Crippen LogP contribution in [-0.4, -0.2) is 0 Å². The minimum Gasteiger partial charge on any atom is -0.451 e. The van der Waals surface area contributed by atoms with E-state index in [0.717, 1.165) is 6.07 Å². The zero-order valence-corrected chi connectivity index (χ0v) is 12.3. The molecule has 2 rings (SSSR count). The van der Waals surface area contributed by atoms with Gasteiger partial charge >= 0.3 is 0 Å². The number of ether oxygens (including phenoxy) is 1. The Morgan fingerprint density at radius 1 is 1.05 bits per heavy atom. The summed E-state index contributed by atoms with van der Waals surface area (Å²) in [6, 6.07) is 5.04. The minimum absolute atomic E-state index is 0.00827. The van der Waals surface area contributed by atoms with Gasteiger partial charge in [-0.25, -0.2) is 4.39 Å². The van der Waals surface area contributed by atoms with Crippen molar-refractivity contribution in [2.45, 2.75) is 0 Å². The van der Waals surface area contributed by atoms with Crippen molar-refractivity contribution in [1.29, 1.82) is 0 Å². The van der Waals surface area contributed by atoms with Gasteiger partial charge in [-0.2, -0.15) is 4.39 Å². The average Bonchev–Trinajstić information content (AvgIpc) is 2.29. The van der Waals surface area contributed by atoms with Crippen LogP contribution in [0.3, 0.4) is 0 Å². The van der Waals surface area contributed by atoms with E-state index in [-0.39, 0.29) is 21.5 Å². The molecule has 0 atom stereocenters. The third kappa shape index (κ3) is 3.11. The lowest BCUT2D eigenvalue weighted by molar-refractivity contribution is 0.416. The lowest BCUT2D eigenvalue weighted by Gasteiger charge is -2.11. The number of rotatable bonds is 2. The molecule has 0 aliphatic carbocycles. The number of anilines is 1. The first kappa shape index (κ1) is 14.4. The van der Waals surface area contributed by atoms with Crippen LogP contribution in [0, 0.1) is 11.6 Å². The quantitative estimate of drug-likeness (QED) is 0.568. The summed E-state index contributed by atoms with van der Waals surface area (Å²) >= 11 is 14.8. The van der Waals surface area contributed by atoms with Crippen LogP contribution in [-0.2, 0) is 0 Å². The lowest BCUT2D eigenvalue weighted by atomic mass is 10.3. The second-order valence-corrected chi connectivity index (χ2v) is 5.35. The number of hydrogen-bond donors (Lipinski definition) is 1. The van der Waals surface area contributed by atoms with Gasteiger partial charge in [0, 0.05) is 10.2 Å². The van der Waals surface area contributed by atoms with Crippen LogP contribution in [0.4, 0.5) is 14.5 Å². The predicted octanol–water partition coefficient (Wildman–Crippen LogP) is 5.41. The van der Waals surface area contributed by atoms with Crippen LogP contribution in [0.1, 0.15) is 0 Å². The van der Waals surface area contributed by atoms with E-state index in [1.54, 1.807) is 0 Å². The highest BCUT2D eigenvalue weighted by Gasteiger charge is 2.16. The first-order valence-electron chi connectivity index (χ1n) is 4.95. The number of halogens is 5. The van der Waals surface area contributed by atoms with Gasteiger partial charge < -0.3 is 10.5 Å². The molecule has 0 amide bonds. The van der Waals surface area contributed by atoms with Crippen molar-refractivity contribution >= 4 is 44.8 Å². The van der Waals surface area contributed by atoms with Crippen molar-refractivity contribution in [2.75, 3.05) is 5.73 Å². The van der Waals surface area contributed by atoms with Gasteiger partial charge in [0.25, 0.3) is 0 Å². The lowest BCUT2D eigenvalue weighted by Crippen LogP contribution is -1.95. The van der Waals surface area contributed by atoms with E-state index < -0.39 is 11.6 Å². The standard InChI is InChI=1S/C12H6BrCl2F2NO/c13-5-1-9(16)11(17)10(2-5)19-12-7(14)3-6(18)4-8(12)15/h1-4H,18H2. The molecule has 7 heteroatoms. The molecule has 0 saturated carbocycles. The van der Waals surface area contributed by atoms with Gasteiger partial charge in [-0.1, -0.05) is 39.1 Å². The highest BCUT2D eigenvalue weighted by atomic mass is 79.9. The van der Waals surface area contributed by atoms with Crippen molar-refractivity contribution in [3.63, 3.8) is 0 Å². The SMILES string of the molecule is Nc1cc(Cl)c(Oc2cc(Br)cc(F)c2F)c(Cl)c1. The molecule has 2 nitrogen and oxygen atoms in total. The molecular weight excluding hydrogens is 363 g/mol. The van der Waals surface area contributed by atoms with E-state index in [1.807, 2.05) is 0 Å². The molecular formula is C12H6BrCl2F2NO. The Bertz CT molecular complexity index is 629. The van der Waals surface area contributed by atoms with Gasteiger partial charge in [-0.3, -0.25) is 0 Å². The van der Waals surface area contributed by atoms with Crippen LogP contribution in [0.2, 0.25) is 10.0 Å². The fourth-order valence-corrected chi connectivity index (χ4v) is 2.38. The molecule has 100 valence electrons. The van der Waals surface area contributed by atoms with E-state index >= 15 is 0 Å². The summed E-state index contributed by atoms with van der Waals surface area (Å²) in [5.74, 6) is -2.51. The molecule has 0 fully saturated rings. The van der Waals surface area contributed by atoms with E-state index in [2.05, 4.69) is 15.9 Å². The van der Waals surface area contributed by atoms with Crippen LogP contribution in [0.5, 0.6) is 11.5 Å². The maximum absolute atomic E-state index is 13.6. The van der Waals surface area contributed by atoms with Crippen molar-refractivity contribution < 1.29 is 13.5 Å². The van der Waals surface area contributed by atoms with Crippen LogP contribution in [0.25, 0.3) is 0 Å². The maximum atomic E-state index is 13.6. The maximum Gasteiger partial charge on any atom is 0.201 e. The Hall–Kier alpha value is -1.04. The molecule has 2 aromatic rings. The van der Waals surface area contributed by atoms with Gasteiger partial charge in [-0.15, -0.1) is 0 Å². The topological polar surface area (TPSA) is 35.2 Å². The average molecular weight is 369 g/mol. The van der Waals surface area contributed by atoms with Crippen LogP contribution >= 0.6 is 39.1 Å². The number of nitrogens with two attached hydrogens (primary N) is 1. The highest BCUT2D eigenvalue weighted by Crippen LogP contribution is 2.39.